The van der Waals surface area contributed by atoms with Crippen LogP contribution in [0.3, 0.4) is 0 Å². The second-order valence-electron chi connectivity index (χ2n) is 4.75. The van der Waals surface area contributed by atoms with Gasteiger partial charge in [-0.05, 0) is 48.4 Å². The third kappa shape index (κ3) is 3.70. The fraction of sp³-hybridized carbons (Fsp3) is 0.250. The van der Waals surface area contributed by atoms with Gasteiger partial charge in [0.1, 0.15) is 5.75 Å². The molecular formula is C16H17F2NO2. The van der Waals surface area contributed by atoms with E-state index in [1.165, 1.54) is 6.07 Å². The Labute approximate surface area is 122 Å². The van der Waals surface area contributed by atoms with Crippen molar-refractivity contribution in [3.8, 4) is 5.75 Å². The zero-order valence-corrected chi connectivity index (χ0v) is 11.9. The number of aliphatic hydroxyl groups is 1. The van der Waals surface area contributed by atoms with Crippen LogP contribution in [0.1, 0.15) is 17.2 Å². The second-order valence-corrected chi connectivity index (χ2v) is 4.75. The van der Waals surface area contributed by atoms with Crippen molar-refractivity contribution < 1.29 is 18.6 Å². The highest BCUT2D eigenvalue weighted by molar-refractivity contribution is 5.50. The van der Waals surface area contributed by atoms with Crippen molar-refractivity contribution in [1.29, 1.82) is 0 Å². The van der Waals surface area contributed by atoms with E-state index in [2.05, 4.69) is 5.32 Å². The lowest BCUT2D eigenvalue weighted by Gasteiger charge is -2.14. The van der Waals surface area contributed by atoms with Gasteiger partial charge in [-0.1, -0.05) is 6.07 Å². The summed E-state index contributed by atoms with van der Waals surface area (Å²) < 4.78 is 31.1. The molecule has 1 atom stereocenters. The predicted octanol–water partition coefficient (Wildman–Crippen LogP) is 3.43. The van der Waals surface area contributed by atoms with Crippen molar-refractivity contribution in [2.45, 2.75) is 13.0 Å². The molecule has 0 aliphatic heterocycles. The summed E-state index contributed by atoms with van der Waals surface area (Å²) in [7, 11) is 1.60. The fourth-order valence-electron chi connectivity index (χ4n) is 2.04. The average Bonchev–Trinajstić information content (AvgIpc) is 2.47. The quantitative estimate of drug-likeness (QED) is 0.887. The number of nitrogens with one attached hydrogen (secondary N) is 1. The molecule has 2 rings (SSSR count). The van der Waals surface area contributed by atoms with Gasteiger partial charge < -0.3 is 15.2 Å². The number of methoxy groups -OCH3 is 1. The lowest BCUT2D eigenvalue weighted by molar-refractivity contribution is 0.191. The first-order chi connectivity index (χ1) is 10.0. The van der Waals surface area contributed by atoms with E-state index in [1.807, 2.05) is 25.1 Å². The van der Waals surface area contributed by atoms with Crippen molar-refractivity contribution in [3.63, 3.8) is 0 Å². The van der Waals surface area contributed by atoms with Gasteiger partial charge >= 0.3 is 0 Å². The van der Waals surface area contributed by atoms with Gasteiger partial charge in [0.25, 0.3) is 0 Å². The number of rotatable bonds is 5. The molecule has 0 spiro atoms. The maximum atomic E-state index is 13.1. The van der Waals surface area contributed by atoms with Crippen LogP contribution in [0.25, 0.3) is 0 Å². The van der Waals surface area contributed by atoms with E-state index in [-0.39, 0.29) is 6.54 Å². The standard InChI is InChI=1S/C16H17F2NO2/c1-10-7-12(4-6-16(10)21-2)19-9-15(20)11-3-5-13(17)14(18)8-11/h3-8,15,19-20H,9H2,1-2H3. The molecule has 0 heterocycles. The zero-order chi connectivity index (χ0) is 15.4. The number of aryl methyl sites for hydroxylation is 1. The summed E-state index contributed by atoms with van der Waals surface area (Å²) in [5.41, 5.74) is 2.10. The number of halogens is 2. The summed E-state index contributed by atoms with van der Waals surface area (Å²) in [4.78, 5) is 0. The Balaban J connectivity index is 2.01. The molecule has 21 heavy (non-hydrogen) atoms. The van der Waals surface area contributed by atoms with Crippen LogP contribution in [-0.2, 0) is 0 Å². The molecule has 0 amide bonds. The van der Waals surface area contributed by atoms with E-state index in [0.29, 0.717) is 5.56 Å². The van der Waals surface area contributed by atoms with Crippen LogP contribution in [0, 0.1) is 18.6 Å². The second kappa shape index (κ2) is 6.54. The van der Waals surface area contributed by atoms with E-state index < -0.39 is 17.7 Å². The smallest absolute Gasteiger partial charge is 0.159 e. The third-order valence-electron chi connectivity index (χ3n) is 3.22. The summed E-state index contributed by atoms with van der Waals surface area (Å²) in [6.07, 6.45) is -0.928. The molecule has 5 heteroatoms. The van der Waals surface area contributed by atoms with E-state index in [1.54, 1.807) is 7.11 Å². The highest BCUT2D eigenvalue weighted by Gasteiger charge is 2.11. The molecule has 0 aliphatic rings. The number of ether oxygens (including phenoxy) is 1. The maximum absolute atomic E-state index is 13.1. The Kier molecular flexibility index (Phi) is 4.75. The van der Waals surface area contributed by atoms with Crippen LogP contribution in [0.15, 0.2) is 36.4 Å². The zero-order valence-electron chi connectivity index (χ0n) is 11.9. The molecule has 0 fully saturated rings. The van der Waals surface area contributed by atoms with Gasteiger partial charge in [0, 0.05) is 12.2 Å². The summed E-state index contributed by atoms with van der Waals surface area (Å²) >= 11 is 0. The van der Waals surface area contributed by atoms with Gasteiger partial charge in [0.15, 0.2) is 11.6 Å². The molecule has 1 unspecified atom stereocenters. The van der Waals surface area contributed by atoms with Crippen LogP contribution < -0.4 is 10.1 Å². The maximum Gasteiger partial charge on any atom is 0.159 e. The summed E-state index contributed by atoms with van der Waals surface area (Å²) in [5.74, 6) is -1.11. The average molecular weight is 293 g/mol. The molecular weight excluding hydrogens is 276 g/mol. The minimum absolute atomic E-state index is 0.191. The van der Waals surface area contributed by atoms with Gasteiger partial charge in [-0.3, -0.25) is 0 Å². The Morgan fingerprint density at radius 3 is 2.52 bits per heavy atom. The lowest BCUT2D eigenvalue weighted by atomic mass is 10.1. The lowest BCUT2D eigenvalue weighted by Crippen LogP contribution is -2.12. The van der Waals surface area contributed by atoms with E-state index in [4.69, 9.17) is 4.74 Å². The normalized spacial score (nSPS) is 12.0. The number of benzene rings is 2. The number of hydrogen-bond acceptors (Lipinski definition) is 3. The van der Waals surface area contributed by atoms with E-state index in [9.17, 15) is 13.9 Å². The molecule has 2 aromatic carbocycles. The van der Waals surface area contributed by atoms with Crippen molar-refractivity contribution in [2.24, 2.45) is 0 Å². The first-order valence-electron chi connectivity index (χ1n) is 6.53. The van der Waals surface area contributed by atoms with Crippen molar-refractivity contribution in [3.05, 3.63) is 59.2 Å². The van der Waals surface area contributed by atoms with Gasteiger partial charge in [0.2, 0.25) is 0 Å². The predicted molar refractivity (Wildman–Crippen MR) is 77.5 cm³/mol. The monoisotopic (exact) mass is 293 g/mol. The minimum atomic E-state index is -0.966. The van der Waals surface area contributed by atoms with Gasteiger partial charge in [-0.15, -0.1) is 0 Å². The Morgan fingerprint density at radius 2 is 1.90 bits per heavy atom. The molecule has 0 radical (unpaired) electrons. The van der Waals surface area contributed by atoms with E-state index >= 15 is 0 Å². The summed E-state index contributed by atoms with van der Waals surface area (Å²) in [6, 6.07) is 8.90. The SMILES string of the molecule is COc1ccc(NCC(O)c2ccc(F)c(F)c2)cc1C. The number of aliphatic hydroxyl groups excluding tert-OH is 1. The largest absolute Gasteiger partial charge is 0.496 e. The van der Waals surface area contributed by atoms with Gasteiger partial charge in [-0.25, -0.2) is 8.78 Å². The molecule has 2 aromatic rings. The fourth-order valence-corrected chi connectivity index (χ4v) is 2.04. The highest BCUT2D eigenvalue weighted by Crippen LogP contribution is 2.22. The van der Waals surface area contributed by atoms with Gasteiger partial charge in [-0.2, -0.15) is 0 Å². The summed E-state index contributed by atoms with van der Waals surface area (Å²) in [5, 5.41) is 13.0. The van der Waals surface area contributed by atoms with Crippen LogP contribution in [0.2, 0.25) is 0 Å². The first kappa shape index (κ1) is 15.3. The Hall–Kier alpha value is -2.14. The van der Waals surface area contributed by atoms with Crippen LogP contribution in [0.5, 0.6) is 5.75 Å². The third-order valence-corrected chi connectivity index (χ3v) is 3.22. The summed E-state index contributed by atoms with van der Waals surface area (Å²) in [6.45, 7) is 2.10. The van der Waals surface area contributed by atoms with Crippen LogP contribution in [-0.4, -0.2) is 18.8 Å². The van der Waals surface area contributed by atoms with Crippen LogP contribution in [0.4, 0.5) is 14.5 Å². The van der Waals surface area contributed by atoms with E-state index in [0.717, 1.165) is 29.1 Å². The van der Waals surface area contributed by atoms with Crippen molar-refractivity contribution in [2.75, 3.05) is 19.0 Å². The molecule has 2 N–H and O–H groups in total. The number of anilines is 1. The molecule has 112 valence electrons. The molecule has 0 saturated heterocycles. The molecule has 0 aromatic heterocycles. The molecule has 0 aliphatic carbocycles. The molecule has 0 bridgehead atoms. The number of hydrogen-bond donors (Lipinski definition) is 2. The molecule has 0 saturated carbocycles. The minimum Gasteiger partial charge on any atom is -0.496 e. The van der Waals surface area contributed by atoms with Crippen LogP contribution >= 0.6 is 0 Å². The Bertz CT molecular complexity index is 632. The van der Waals surface area contributed by atoms with Gasteiger partial charge in [0.05, 0.1) is 13.2 Å². The Morgan fingerprint density at radius 1 is 1.14 bits per heavy atom. The highest BCUT2D eigenvalue weighted by atomic mass is 19.2. The van der Waals surface area contributed by atoms with Crippen molar-refractivity contribution >= 4 is 5.69 Å². The van der Waals surface area contributed by atoms with Crippen molar-refractivity contribution in [1.82, 2.24) is 0 Å². The first-order valence-corrected chi connectivity index (χ1v) is 6.53. The topological polar surface area (TPSA) is 41.5 Å². The molecule has 3 nitrogen and oxygen atoms in total.